The normalized spacial score (nSPS) is 14.9. The average Bonchev–Trinajstić information content (AvgIpc) is 3.22. The third-order valence-corrected chi connectivity index (χ3v) is 9.72. The van der Waals surface area contributed by atoms with Crippen LogP contribution in [0.5, 0.6) is 34.5 Å². The minimum absolute atomic E-state index is 0.217. The molecule has 5 rings (SSSR count). The number of likely N-dealkylation sites (tertiary alicyclic amines) is 1. The van der Waals surface area contributed by atoms with Crippen LogP contribution >= 0.6 is 0 Å². The Kier molecular flexibility index (Phi) is 14.2. The predicted molar refractivity (Wildman–Crippen MR) is 205 cm³/mol. The van der Waals surface area contributed by atoms with E-state index >= 15 is 0 Å². The molecule has 0 spiro atoms. The summed E-state index contributed by atoms with van der Waals surface area (Å²) in [5, 5.41) is 9.18. The van der Waals surface area contributed by atoms with Gasteiger partial charge in [-0.2, -0.15) is 0 Å². The van der Waals surface area contributed by atoms with Gasteiger partial charge in [0.25, 0.3) is 0 Å². The van der Waals surface area contributed by atoms with Gasteiger partial charge in [-0.05, 0) is 97.2 Å². The summed E-state index contributed by atoms with van der Waals surface area (Å²) in [7, 11) is 7.72. The fraction of sp³-hybridized carbons (Fsp3) is 0.372. The van der Waals surface area contributed by atoms with Crippen molar-refractivity contribution in [2.24, 2.45) is 0 Å². The summed E-state index contributed by atoms with van der Waals surface area (Å²) in [6, 6.07) is 24.9. The lowest BCUT2D eigenvalue weighted by Gasteiger charge is -2.37. The molecule has 1 saturated heterocycles. The highest BCUT2D eigenvalue weighted by Gasteiger charge is 2.38. The Balaban J connectivity index is 1.46. The second kappa shape index (κ2) is 19.4. The number of nitrogens with zero attached hydrogens (tertiary/aromatic N) is 1. The molecule has 0 aromatic heterocycles. The van der Waals surface area contributed by atoms with Crippen LogP contribution in [0.4, 0.5) is 0 Å². The minimum atomic E-state index is -1.11. The van der Waals surface area contributed by atoms with Crippen molar-refractivity contribution in [3.8, 4) is 34.5 Å². The maximum absolute atomic E-state index is 14.8. The molecule has 55 heavy (non-hydrogen) atoms. The summed E-state index contributed by atoms with van der Waals surface area (Å²) in [6.07, 6.45) is 2.41. The number of ether oxygens (including phenoxy) is 7. The molecule has 0 saturated carbocycles. The number of aryl methyl sites for hydroxylation is 1. The molecule has 0 aliphatic carbocycles. The van der Waals surface area contributed by atoms with Gasteiger partial charge in [0, 0.05) is 6.54 Å². The molecule has 0 bridgehead atoms. The number of hydrogen-bond acceptors (Lipinski definition) is 10. The molecule has 12 heteroatoms. The SMILES string of the molecule is COc1ccc(CC[C@@H](OC(=O)[C@@H]2CCCCN2C(=O)[C@@H](Cc2ccccc2)c2cc(OC)c(OC)c(OC)c2)c2cccc(OCC(=O)O)c2)cc1OC. The van der Waals surface area contributed by atoms with Crippen LogP contribution in [0.15, 0.2) is 84.9 Å². The van der Waals surface area contributed by atoms with Gasteiger partial charge in [0.1, 0.15) is 17.9 Å². The molecule has 3 atom stereocenters. The molecule has 1 aliphatic rings. The van der Waals surface area contributed by atoms with Crippen molar-refractivity contribution < 1.29 is 52.6 Å². The first-order valence-corrected chi connectivity index (χ1v) is 18.2. The van der Waals surface area contributed by atoms with E-state index in [0.717, 1.165) is 24.0 Å². The second-order valence-corrected chi connectivity index (χ2v) is 13.2. The molecule has 4 aromatic rings. The molecule has 1 fully saturated rings. The number of carbonyl (C=O) groups is 3. The van der Waals surface area contributed by atoms with E-state index in [-0.39, 0.29) is 5.91 Å². The Morgan fingerprint density at radius 2 is 1.44 bits per heavy atom. The molecule has 292 valence electrons. The number of methoxy groups -OCH3 is 5. The molecule has 0 radical (unpaired) electrons. The third-order valence-electron chi connectivity index (χ3n) is 9.72. The fourth-order valence-electron chi connectivity index (χ4n) is 6.94. The quantitative estimate of drug-likeness (QED) is 0.107. The van der Waals surface area contributed by atoms with Gasteiger partial charge >= 0.3 is 11.9 Å². The van der Waals surface area contributed by atoms with Crippen molar-refractivity contribution in [2.75, 3.05) is 48.7 Å². The maximum atomic E-state index is 14.8. The van der Waals surface area contributed by atoms with Gasteiger partial charge < -0.3 is 43.2 Å². The molecular weight excluding hydrogens is 706 g/mol. The number of amides is 1. The van der Waals surface area contributed by atoms with Crippen LogP contribution in [0.2, 0.25) is 0 Å². The van der Waals surface area contributed by atoms with Crippen LogP contribution in [0, 0.1) is 0 Å². The van der Waals surface area contributed by atoms with E-state index in [4.69, 9.17) is 33.2 Å². The van der Waals surface area contributed by atoms with Gasteiger partial charge in [0.2, 0.25) is 11.7 Å². The topological polar surface area (TPSA) is 139 Å². The number of carboxylic acids is 1. The van der Waals surface area contributed by atoms with E-state index in [1.165, 1.54) is 21.3 Å². The molecule has 1 amide bonds. The van der Waals surface area contributed by atoms with E-state index in [1.807, 2.05) is 54.6 Å². The number of hydrogen-bond donors (Lipinski definition) is 1. The van der Waals surface area contributed by atoms with Crippen LogP contribution < -0.4 is 28.4 Å². The summed E-state index contributed by atoms with van der Waals surface area (Å²) in [6.45, 7) is -0.141. The zero-order valence-electron chi connectivity index (χ0n) is 31.9. The Hall–Kier alpha value is -5.91. The van der Waals surface area contributed by atoms with Crippen molar-refractivity contribution >= 4 is 17.8 Å². The van der Waals surface area contributed by atoms with Crippen molar-refractivity contribution in [1.82, 2.24) is 4.90 Å². The summed E-state index contributed by atoms with van der Waals surface area (Å²) >= 11 is 0. The van der Waals surface area contributed by atoms with Crippen molar-refractivity contribution in [2.45, 2.75) is 56.6 Å². The number of rotatable bonds is 18. The highest BCUT2D eigenvalue weighted by atomic mass is 16.5. The van der Waals surface area contributed by atoms with E-state index in [9.17, 15) is 19.5 Å². The molecule has 1 N–H and O–H groups in total. The lowest BCUT2D eigenvalue weighted by atomic mass is 9.88. The first-order chi connectivity index (χ1) is 26.7. The summed E-state index contributed by atoms with van der Waals surface area (Å²) < 4.78 is 39.6. The van der Waals surface area contributed by atoms with Gasteiger partial charge in [-0.25, -0.2) is 9.59 Å². The van der Waals surface area contributed by atoms with Crippen molar-refractivity contribution in [3.63, 3.8) is 0 Å². The van der Waals surface area contributed by atoms with E-state index in [2.05, 4.69) is 0 Å². The van der Waals surface area contributed by atoms with Crippen LogP contribution in [-0.2, 0) is 32.0 Å². The maximum Gasteiger partial charge on any atom is 0.341 e. The van der Waals surface area contributed by atoms with Gasteiger partial charge in [-0.3, -0.25) is 4.79 Å². The highest BCUT2D eigenvalue weighted by Crippen LogP contribution is 2.42. The largest absolute Gasteiger partial charge is 0.493 e. The van der Waals surface area contributed by atoms with Crippen LogP contribution in [0.25, 0.3) is 0 Å². The molecule has 1 aliphatic heterocycles. The monoisotopic (exact) mass is 755 g/mol. The number of esters is 1. The number of carbonyl (C=O) groups excluding carboxylic acids is 2. The molecular formula is C43H49NO11. The van der Waals surface area contributed by atoms with Crippen molar-refractivity contribution in [3.05, 3.63) is 107 Å². The summed E-state index contributed by atoms with van der Waals surface area (Å²) in [5.74, 6) is 0.216. The number of benzene rings is 4. The van der Waals surface area contributed by atoms with Gasteiger partial charge in [0.05, 0.1) is 41.5 Å². The molecule has 1 heterocycles. The Morgan fingerprint density at radius 1 is 0.727 bits per heavy atom. The Morgan fingerprint density at radius 3 is 2.09 bits per heavy atom. The lowest BCUT2D eigenvalue weighted by Crippen LogP contribution is -2.50. The summed E-state index contributed by atoms with van der Waals surface area (Å²) in [4.78, 5) is 42.1. The second-order valence-electron chi connectivity index (χ2n) is 13.2. The van der Waals surface area contributed by atoms with Crippen LogP contribution in [-0.4, -0.2) is 82.6 Å². The van der Waals surface area contributed by atoms with Gasteiger partial charge in [-0.1, -0.05) is 48.5 Å². The fourth-order valence-corrected chi connectivity index (χ4v) is 6.94. The molecule has 12 nitrogen and oxygen atoms in total. The zero-order valence-corrected chi connectivity index (χ0v) is 31.9. The van der Waals surface area contributed by atoms with E-state index < -0.39 is 36.6 Å². The molecule has 4 aromatic carbocycles. The number of piperidine rings is 1. The van der Waals surface area contributed by atoms with E-state index in [1.54, 1.807) is 49.5 Å². The smallest absolute Gasteiger partial charge is 0.341 e. The number of carboxylic acid groups (broad SMARTS) is 1. The Labute approximate surface area is 321 Å². The van der Waals surface area contributed by atoms with Gasteiger partial charge in [-0.15, -0.1) is 0 Å². The first kappa shape index (κ1) is 40.3. The standard InChI is InChI=1S/C43H49NO11/c1-49-36-20-18-29(23-37(36)50-2)17-19-35(30-14-11-15-32(24-30)54-27-40(45)46)55-43(48)34-16-9-10-21-44(34)42(47)33(22-28-12-7-6-8-13-28)31-25-38(51-3)41(53-5)39(26-31)52-4/h6-8,11-15,18,20,23-26,33-35H,9-10,16-17,19,21-22,27H2,1-5H3,(H,45,46)/t33-,34-,35+/m0/s1. The Bertz CT molecular complexity index is 1890. The average molecular weight is 756 g/mol. The molecule has 0 unspecified atom stereocenters. The number of aliphatic carboxylic acids is 1. The summed E-state index contributed by atoms with van der Waals surface area (Å²) in [5.41, 5.74) is 3.17. The first-order valence-electron chi connectivity index (χ1n) is 18.2. The zero-order chi connectivity index (χ0) is 39.3. The van der Waals surface area contributed by atoms with E-state index in [0.29, 0.717) is 77.9 Å². The lowest BCUT2D eigenvalue weighted by molar-refractivity contribution is -0.162. The van der Waals surface area contributed by atoms with Gasteiger partial charge in [0.15, 0.2) is 29.6 Å². The van der Waals surface area contributed by atoms with Crippen molar-refractivity contribution in [1.29, 1.82) is 0 Å². The van der Waals surface area contributed by atoms with Crippen LogP contribution in [0.3, 0.4) is 0 Å². The third kappa shape index (κ3) is 10.2. The predicted octanol–water partition coefficient (Wildman–Crippen LogP) is 6.82. The minimum Gasteiger partial charge on any atom is -0.493 e. The van der Waals surface area contributed by atoms with Crippen LogP contribution in [0.1, 0.15) is 60.0 Å². The highest BCUT2D eigenvalue weighted by molar-refractivity contribution is 5.89.